The van der Waals surface area contributed by atoms with Crippen LogP contribution in [0.4, 0.5) is 0 Å². The molecule has 2 saturated heterocycles. The van der Waals surface area contributed by atoms with E-state index in [0.717, 1.165) is 32.7 Å². The predicted octanol–water partition coefficient (Wildman–Crippen LogP) is 4.70. The lowest BCUT2D eigenvalue weighted by atomic mass is 9.84. The van der Waals surface area contributed by atoms with Gasteiger partial charge in [0.25, 0.3) is 0 Å². The van der Waals surface area contributed by atoms with Gasteiger partial charge in [0.2, 0.25) is 5.91 Å². The lowest BCUT2D eigenvalue weighted by Crippen LogP contribution is -3.04. The largest absolute Gasteiger partial charge is 0.345 e. The van der Waals surface area contributed by atoms with E-state index in [1.165, 1.54) is 79.4 Å². The number of hydrogen-bond donors (Lipinski definition) is 2. The van der Waals surface area contributed by atoms with Crippen LogP contribution in [0.15, 0.2) is 54.6 Å². The highest BCUT2D eigenvalue weighted by Gasteiger charge is 2.40. The summed E-state index contributed by atoms with van der Waals surface area (Å²) in [5.74, 6) is 0.924. The molecule has 4 heteroatoms. The van der Waals surface area contributed by atoms with Gasteiger partial charge in [-0.05, 0) is 31.7 Å². The first-order valence-corrected chi connectivity index (χ1v) is 15.5. The van der Waals surface area contributed by atoms with Crippen LogP contribution in [-0.4, -0.2) is 51.1 Å². The normalized spacial score (nSPS) is 18.8. The fourth-order valence-corrected chi connectivity index (χ4v) is 5.83. The molecule has 0 bridgehead atoms. The summed E-state index contributed by atoms with van der Waals surface area (Å²) in [5, 5.41) is 2.34. The molecule has 3 fully saturated rings. The van der Waals surface area contributed by atoms with Gasteiger partial charge in [-0.25, -0.2) is 0 Å². The zero-order valence-electron chi connectivity index (χ0n) is 26.6. The third-order valence-corrected chi connectivity index (χ3v) is 7.72. The number of rotatable bonds is 4. The summed E-state index contributed by atoms with van der Waals surface area (Å²) in [6.45, 7) is 7.11. The molecule has 3 aliphatic rings. The van der Waals surface area contributed by atoms with Crippen molar-refractivity contribution in [3.05, 3.63) is 71.3 Å². The van der Waals surface area contributed by atoms with Gasteiger partial charge < -0.3 is 15.1 Å². The summed E-state index contributed by atoms with van der Waals surface area (Å²) in [5.41, 5.74) is 4.15. The summed E-state index contributed by atoms with van der Waals surface area (Å²) < 4.78 is 0. The molecule has 1 saturated carbocycles. The van der Waals surface area contributed by atoms with E-state index in [1.54, 1.807) is 0 Å². The summed E-state index contributed by atoms with van der Waals surface area (Å²) in [6, 6.07) is 18.8. The van der Waals surface area contributed by atoms with Crippen LogP contribution in [0.2, 0.25) is 0 Å². The molecule has 0 radical (unpaired) electrons. The Morgan fingerprint density at radius 3 is 1.67 bits per heavy atom. The number of aryl methyl sites for hydroxylation is 1. The maximum atomic E-state index is 13.1. The fraction of sp³-hybridized carbons (Fsp3) is 0.500. The first kappa shape index (κ1) is 38.5. The molecule has 2 heterocycles. The van der Waals surface area contributed by atoms with E-state index >= 15 is 0 Å². The summed E-state index contributed by atoms with van der Waals surface area (Å²) in [7, 11) is 4.40. The second-order valence-electron chi connectivity index (χ2n) is 11.2. The third kappa shape index (κ3) is 14.9. The second-order valence-corrected chi connectivity index (χ2v) is 11.2. The number of likely N-dealkylation sites (tertiary alicyclic amines) is 1. The van der Waals surface area contributed by atoms with Gasteiger partial charge in [-0.1, -0.05) is 98.7 Å². The minimum Gasteiger partial charge on any atom is -0.345 e. The lowest BCUT2D eigenvalue weighted by molar-refractivity contribution is -0.872. The van der Waals surface area contributed by atoms with Crippen LogP contribution in [0.1, 0.15) is 80.4 Å². The zero-order valence-corrected chi connectivity index (χ0v) is 26.6. The average molecular weight is 572 g/mol. The minimum atomic E-state index is 0.154. The number of nitrogens with two attached hydrogens (primary N) is 1. The summed E-state index contributed by atoms with van der Waals surface area (Å²) >= 11 is 0. The number of carbonyl (C=O) groups excluding carboxylic acids is 1. The number of quaternary nitrogens is 2. The molecule has 5 rings (SSSR count). The van der Waals surface area contributed by atoms with Crippen LogP contribution in [0.5, 0.6) is 0 Å². The van der Waals surface area contributed by atoms with Crippen molar-refractivity contribution in [1.82, 2.24) is 4.90 Å². The molecule has 228 valence electrons. The highest BCUT2D eigenvalue weighted by molar-refractivity contribution is 5.80. The molecule has 4 nitrogen and oxygen atoms in total. The van der Waals surface area contributed by atoms with E-state index in [1.807, 2.05) is 36.4 Å². The smallest absolute Gasteiger partial charge is 0.232 e. The van der Waals surface area contributed by atoms with Crippen molar-refractivity contribution >= 4 is 5.91 Å². The van der Waals surface area contributed by atoms with E-state index < -0.39 is 0 Å². The van der Waals surface area contributed by atoms with Crippen LogP contribution in [0.3, 0.4) is 0 Å². The van der Waals surface area contributed by atoms with E-state index in [4.69, 9.17) is 0 Å². The molecule has 2 atom stereocenters. The number of hydrogen-bond acceptors (Lipinski definition) is 1. The van der Waals surface area contributed by atoms with E-state index in [-0.39, 0.29) is 5.92 Å². The quantitative estimate of drug-likeness (QED) is 0.513. The highest BCUT2D eigenvalue weighted by atomic mass is 16.2. The first-order chi connectivity index (χ1) is 20.6. The second kappa shape index (κ2) is 25.2. The van der Waals surface area contributed by atoms with Crippen molar-refractivity contribution in [2.45, 2.75) is 77.2 Å². The molecular formula is C38H57N3O+2. The van der Waals surface area contributed by atoms with E-state index in [2.05, 4.69) is 88.0 Å². The maximum absolute atomic E-state index is 13.1. The van der Waals surface area contributed by atoms with Crippen molar-refractivity contribution in [2.75, 3.05) is 40.3 Å². The van der Waals surface area contributed by atoms with Gasteiger partial charge in [0.1, 0.15) is 6.54 Å². The van der Waals surface area contributed by atoms with Gasteiger partial charge in [0, 0.05) is 18.7 Å². The number of terminal acetylenes is 3. The zero-order chi connectivity index (χ0) is 31.6. The molecule has 42 heavy (non-hydrogen) atoms. The van der Waals surface area contributed by atoms with Crippen LogP contribution >= 0.6 is 0 Å². The van der Waals surface area contributed by atoms with Gasteiger partial charge in [-0.2, -0.15) is 0 Å². The lowest BCUT2D eigenvalue weighted by Gasteiger charge is -2.30. The van der Waals surface area contributed by atoms with Gasteiger partial charge in [0.05, 0.1) is 39.0 Å². The standard InChI is InChI=1S/C20H31N3O.C6H12.C6H6.3C2H2/c1-15-7-8-17(16(11-15)14-22(2)3)18-12-21-13-19(18)20(24)23-9-5-4-6-10-23;2*1-2-4-6-5-3-1;3*1-2/h7-8,11,18-19,21H,4-6,9-10,12-14H2,1-3H3;1-6H2;1-6H;3*1-2H/p+2/t18-,19?;;;;;/m0...../s1. The van der Waals surface area contributed by atoms with Gasteiger partial charge in [-0.15, -0.1) is 38.5 Å². The Morgan fingerprint density at radius 2 is 1.21 bits per heavy atom. The van der Waals surface area contributed by atoms with Crippen molar-refractivity contribution in [2.24, 2.45) is 5.92 Å². The van der Waals surface area contributed by atoms with Crippen LogP contribution < -0.4 is 10.2 Å². The molecule has 0 aromatic heterocycles. The SMILES string of the molecule is C#C.C#C.C#C.C1CCCCC1.Cc1ccc([C@@H]2C[NH2+]CC2C(=O)N2CCCCC2)c(C[NH+](C)C)c1.c1ccccc1. The van der Waals surface area contributed by atoms with Crippen molar-refractivity contribution in [3.8, 4) is 38.5 Å². The number of nitrogens with zero attached hydrogens (tertiary/aromatic N) is 1. The monoisotopic (exact) mass is 571 g/mol. The number of benzene rings is 2. The molecule has 2 aromatic rings. The number of nitrogens with one attached hydrogen (secondary N) is 1. The first-order valence-electron chi connectivity index (χ1n) is 15.5. The Hall–Kier alpha value is -3.49. The average Bonchev–Trinajstić information content (AvgIpc) is 3.56. The summed E-state index contributed by atoms with van der Waals surface area (Å²) in [4.78, 5) is 16.6. The molecular weight excluding hydrogens is 514 g/mol. The Kier molecular flexibility index (Phi) is 23.1. The number of piperidine rings is 1. The molecule has 2 aromatic carbocycles. The molecule has 1 amide bonds. The van der Waals surface area contributed by atoms with E-state index in [0.29, 0.717) is 11.8 Å². The van der Waals surface area contributed by atoms with Gasteiger partial charge in [-0.3, -0.25) is 4.79 Å². The molecule has 1 aliphatic carbocycles. The van der Waals surface area contributed by atoms with Gasteiger partial charge in [0.15, 0.2) is 0 Å². The number of carbonyl (C=O) groups is 1. The van der Waals surface area contributed by atoms with Crippen LogP contribution in [0.25, 0.3) is 0 Å². The molecule has 0 spiro atoms. The minimum absolute atomic E-state index is 0.154. The van der Waals surface area contributed by atoms with Crippen LogP contribution in [0, 0.1) is 51.4 Å². The van der Waals surface area contributed by atoms with E-state index in [9.17, 15) is 4.79 Å². The molecule has 2 aliphatic heterocycles. The van der Waals surface area contributed by atoms with Crippen molar-refractivity contribution < 1.29 is 15.0 Å². The summed E-state index contributed by atoms with van der Waals surface area (Å²) in [6.07, 6.45) is 36.6. The highest BCUT2D eigenvalue weighted by Crippen LogP contribution is 2.31. The topological polar surface area (TPSA) is 41.4 Å². The Bertz CT molecular complexity index is 946. The predicted molar refractivity (Wildman–Crippen MR) is 180 cm³/mol. The van der Waals surface area contributed by atoms with Crippen molar-refractivity contribution in [1.29, 1.82) is 0 Å². The van der Waals surface area contributed by atoms with Crippen molar-refractivity contribution in [3.63, 3.8) is 0 Å². The Labute approximate surface area is 258 Å². The maximum Gasteiger partial charge on any atom is 0.232 e. The Morgan fingerprint density at radius 1 is 0.762 bits per heavy atom. The molecule has 3 N–H and O–H groups in total. The number of amides is 1. The fourth-order valence-electron chi connectivity index (χ4n) is 5.83. The Balaban J connectivity index is 0.000000760. The third-order valence-electron chi connectivity index (χ3n) is 7.72. The van der Waals surface area contributed by atoms with Gasteiger partial charge >= 0.3 is 0 Å². The molecule has 1 unspecified atom stereocenters. The van der Waals surface area contributed by atoms with Crippen LogP contribution in [-0.2, 0) is 11.3 Å².